The summed E-state index contributed by atoms with van der Waals surface area (Å²) in [5.74, 6) is -0.141. The van der Waals surface area contributed by atoms with E-state index in [1.807, 2.05) is 61.5 Å². The SMILES string of the molecule is CCCCNC(=O)C(C)N(Cc1ccccc1)C(=O)Cc1ccc(C)cc1. The third kappa shape index (κ3) is 6.55. The number of rotatable bonds is 9. The van der Waals surface area contributed by atoms with Crippen molar-refractivity contribution >= 4 is 11.8 Å². The van der Waals surface area contributed by atoms with Gasteiger partial charge in [-0.05, 0) is 31.4 Å². The van der Waals surface area contributed by atoms with Crippen LogP contribution in [0.5, 0.6) is 0 Å². The summed E-state index contributed by atoms with van der Waals surface area (Å²) in [6.45, 7) is 6.98. The van der Waals surface area contributed by atoms with Crippen LogP contribution in [0.3, 0.4) is 0 Å². The van der Waals surface area contributed by atoms with Gasteiger partial charge in [0.2, 0.25) is 11.8 Å². The van der Waals surface area contributed by atoms with Crippen LogP contribution in [0.4, 0.5) is 0 Å². The fraction of sp³-hybridized carbons (Fsp3) is 0.391. The van der Waals surface area contributed by atoms with Crippen molar-refractivity contribution in [3.63, 3.8) is 0 Å². The van der Waals surface area contributed by atoms with Crippen molar-refractivity contribution in [3.05, 3.63) is 71.3 Å². The second-order valence-electron chi connectivity index (χ2n) is 6.99. The molecule has 1 N–H and O–H groups in total. The lowest BCUT2D eigenvalue weighted by Crippen LogP contribution is -2.48. The van der Waals surface area contributed by atoms with E-state index in [2.05, 4.69) is 12.2 Å². The highest BCUT2D eigenvalue weighted by Gasteiger charge is 2.25. The number of benzene rings is 2. The first-order valence-corrected chi connectivity index (χ1v) is 9.68. The first-order chi connectivity index (χ1) is 13.0. The van der Waals surface area contributed by atoms with Crippen LogP contribution in [0.25, 0.3) is 0 Å². The van der Waals surface area contributed by atoms with Gasteiger partial charge >= 0.3 is 0 Å². The van der Waals surface area contributed by atoms with Crippen molar-refractivity contribution in [2.45, 2.75) is 52.6 Å². The number of unbranched alkanes of at least 4 members (excludes halogenated alkanes) is 1. The average Bonchev–Trinajstić information content (AvgIpc) is 2.68. The lowest BCUT2D eigenvalue weighted by atomic mass is 10.1. The molecule has 4 heteroatoms. The molecule has 2 aromatic rings. The number of hydrogen-bond donors (Lipinski definition) is 1. The van der Waals surface area contributed by atoms with Crippen LogP contribution in [0, 0.1) is 6.92 Å². The van der Waals surface area contributed by atoms with E-state index in [4.69, 9.17) is 0 Å². The van der Waals surface area contributed by atoms with Gasteiger partial charge in [0.1, 0.15) is 6.04 Å². The summed E-state index contributed by atoms with van der Waals surface area (Å²) in [5.41, 5.74) is 3.14. The zero-order valence-electron chi connectivity index (χ0n) is 16.6. The van der Waals surface area contributed by atoms with Crippen LogP contribution in [-0.4, -0.2) is 29.3 Å². The molecule has 2 rings (SSSR count). The molecular weight excluding hydrogens is 336 g/mol. The molecule has 0 aliphatic heterocycles. The minimum absolute atomic E-state index is 0.0409. The van der Waals surface area contributed by atoms with Crippen LogP contribution in [0.1, 0.15) is 43.4 Å². The second kappa shape index (κ2) is 10.5. The average molecular weight is 367 g/mol. The van der Waals surface area contributed by atoms with Gasteiger partial charge < -0.3 is 10.2 Å². The molecule has 0 spiro atoms. The predicted octanol–water partition coefficient (Wildman–Crippen LogP) is 3.87. The van der Waals surface area contributed by atoms with Crippen LogP contribution in [0.2, 0.25) is 0 Å². The quantitative estimate of drug-likeness (QED) is 0.685. The standard InChI is InChI=1S/C23H30N2O2/c1-4-5-15-24-23(27)19(3)25(17-21-9-7-6-8-10-21)22(26)16-20-13-11-18(2)12-14-20/h6-14,19H,4-5,15-17H2,1-3H3,(H,24,27). The maximum absolute atomic E-state index is 13.0. The van der Waals surface area contributed by atoms with Gasteiger partial charge in [-0.25, -0.2) is 0 Å². The van der Waals surface area contributed by atoms with Gasteiger partial charge in [-0.1, -0.05) is 73.5 Å². The second-order valence-corrected chi connectivity index (χ2v) is 6.99. The first-order valence-electron chi connectivity index (χ1n) is 9.68. The van der Waals surface area contributed by atoms with Crippen LogP contribution < -0.4 is 5.32 Å². The highest BCUT2D eigenvalue weighted by molar-refractivity contribution is 5.88. The third-order valence-electron chi connectivity index (χ3n) is 4.67. The normalized spacial score (nSPS) is 11.7. The molecule has 2 aromatic carbocycles. The number of carbonyl (C=O) groups is 2. The van der Waals surface area contributed by atoms with E-state index in [1.165, 1.54) is 0 Å². The Balaban J connectivity index is 2.13. The molecule has 0 aliphatic rings. The lowest BCUT2D eigenvalue weighted by Gasteiger charge is -2.29. The number of carbonyl (C=O) groups excluding carboxylic acids is 2. The fourth-order valence-electron chi connectivity index (χ4n) is 2.88. The fourth-order valence-corrected chi connectivity index (χ4v) is 2.88. The number of amides is 2. The molecule has 1 unspecified atom stereocenters. The monoisotopic (exact) mass is 366 g/mol. The van der Waals surface area contributed by atoms with Crippen molar-refractivity contribution in [1.82, 2.24) is 10.2 Å². The van der Waals surface area contributed by atoms with Gasteiger partial charge in [0.05, 0.1) is 6.42 Å². The molecule has 4 nitrogen and oxygen atoms in total. The summed E-state index contributed by atoms with van der Waals surface area (Å²) >= 11 is 0. The summed E-state index contributed by atoms with van der Waals surface area (Å²) in [4.78, 5) is 27.2. The Hall–Kier alpha value is -2.62. The van der Waals surface area contributed by atoms with Gasteiger partial charge in [0.15, 0.2) is 0 Å². The van der Waals surface area contributed by atoms with Crippen LogP contribution in [0.15, 0.2) is 54.6 Å². The summed E-state index contributed by atoms with van der Waals surface area (Å²) in [6.07, 6.45) is 2.25. The Labute approximate surface area is 162 Å². The summed E-state index contributed by atoms with van der Waals surface area (Å²) in [6, 6.07) is 17.2. The van der Waals surface area contributed by atoms with Crippen molar-refractivity contribution in [2.75, 3.05) is 6.54 Å². The molecule has 1 atom stereocenters. The Morgan fingerprint density at radius 3 is 2.30 bits per heavy atom. The van der Waals surface area contributed by atoms with Crippen LogP contribution in [-0.2, 0) is 22.6 Å². The first kappa shape index (κ1) is 20.7. The molecule has 2 amide bonds. The van der Waals surface area contributed by atoms with Gasteiger partial charge in [0.25, 0.3) is 0 Å². The molecule has 0 saturated heterocycles. The molecule has 0 fully saturated rings. The van der Waals surface area contributed by atoms with Gasteiger partial charge in [0, 0.05) is 13.1 Å². The topological polar surface area (TPSA) is 49.4 Å². The van der Waals surface area contributed by atoms with E-state index < -0.39 is 6.04 Å². The zero-order valence-corrected chi connectivity index (χ0v) is 16.6. The Morgan fingerprint density at radius 2 is 1.67 bits per heavy atom. The smallest absolute Gasteiger partial charge is 0.242 e. The third-order valence-corrected chi connectivity index (χ3v) is 4.67. The largest absolute Gasteiger partial charge is 0.354 e. The molecular formula is C23H30N2O2. The van der Waals surface area contributed by atoms with E-state index in [9.17, 15) is 9.59 Å². The van der Waals surface area contributed by atoms with E-state index in [1.54, 1.807) is 11.8 Å². The van der Waals surface area contributed by atoms with E-state index in [0.29, 0.717) is 19.5 Å². The van der Waals surface area contributed by atoms with Crippen molar-refractivity contribution in [2.24, 2.45) is 0 Å². The Kier molecular flexibility index (Phi) is 8.05. The van der Waals surface area contributed by atoms with Gasteiger partial charge in [-0.3, -0.25) is 9.59 Å². The Bertz CT molecular complexity index is 726. The molecule has 0 heterocycles. The van der Waals surface area contributed by atoms with Gasteiger partial charge in [-0.2, -0.15) is 0 Å². The summed E-state index contributed by atoms with van der Waals surface area (Å²) < 4.78 is 0. The molecule has 27 heavy (non-hydrogen) atoms. The Morgan fingerprint density at radius 1 is 1.00 bits per heavy atom. The number of nitrogens with zero attached hydrogens (tertiary/aromatic N) is 1. The van der Waals surface area contributed by atoms with Crippen molar-refractivity contribution in [3.8, 4) is 0 Å². The van der Waals surface area contributed by atoms with Crippen molar-refractivity contribution < 1.29 is 9.59 Å². The molecule has 0 bridgehead atoms. The molecule has 0 radical (unpaired) electrons. The maximum atomic E-state index is 13.0. The maximum Gasteiger partial charge on any atom is 0.242 e. The zero-order chi connectivity index (χ0) is 19.6. The number of nitrogens with one attached hydrogen (secondary N) is 1. The minimum atomic E-state index is -0.514. The van der Waals surface area contributed by atoms with Crippen molar-refractivity contribution in [1.29, 1.82) is 0 Å². The predicted molar refractivity (Wildman–Crippen MR) is 109 cm³/mol. The molecule has 144 valence electrons. The van der Waals surface area contributed by atoms with Crippen LogP contribution >= 0.6 is 0 Å². The van der Waals surface area contributed by atoms with E-state index >= 15 is 0 Å². The van der Waals surface area contributed by atoms with Gasteiger partial charge in [-0.15, -0.1) is 0 Å². The minimum Gasteiger partial charge on any atom is -0.354 e. The molecule has 0 aliphatic carbocycles. The molecule has 0 saturated carbocycles. The summed E-state index contributed by atoms with van der Waals surface area (Å²) in [5, 5.41) is 2.94. The summed E-state index contributed by atoms with van der Waals surface area (Å²) in [7, 11) is 0. The van der Waals surface area contributed by atoms with E-state index in [-0.39, 0.29) is 11.8 Å². The highest BCUT2D eigenvalue weighted by atomic mass is 16.2. The lowest BCUT2D eigenvalue weighted by molar-refractivity contribution is -0.140. The van der Waals surface area contributed by atoms with E-state index in [0.717, 1.165) is 29.5 Å². The highest BCUT2D eigenvalue weighted by Crippen LogP contribution is 2.13. The number of hydrogen-bond acceptors (Lipinski definition) is 2. The molecule has 0 aromatic heterocycles. The number of aryl methyl sites for hydroxylation is 1.